The summed E-state index contributed by atoms with van der Waals surface area (Å²) in [6, 6.07) is 10.8. The molecule has 0 heterocycles. The van der Waals surface area contributed by atoms with Crippen LogP contribution in [0.3, 0.4) is 0 Å². The summed E-state index contributed by atoms with van der Waals surface area (Å²) in [4.78, 5) is 12.0. The first-order chi connectivity index (χ1) is 11.6. The molecular formula is C18H18BrNO4. The van der Waals surface area contributed by atoms with Gasteiger partial charge in [-0.05, 0) is 51.8 Å². The zero-order valence-electron chi connectivity index (χ0n) is 13.6. The lowest BCUT2D eigenvalue weighted by Gasteiger charge is -2.09. The Morgan fingerprint density at radius 2 is 1.62 bits per heavy atom. The van der Waals surface area contributed by atoms with Gasteiger partial charge < -0.3 is 19.5 Å². The van der Waals surface area contributed by atoms with Gasteiger partial charge in [-0.1, -0.05) is 6.07 Å². The van der Waals surface area contributed by atoms with E-state index in [1.165, 1.54) is 6.08 Å². The van der Waals surface area contributed by atoms with Gasteiger partial charge in [0, 0.05) is 17.8 Å². The Kier molecular flexibility index (Phi) is 6.26. The molecule has 6 heteroatoms. The number of carbonyl (C=O) groups excluding carboxylic acids is 1. The molecule has 0 aromatic heterocycles. The summed E-state index contributed by atoms with van der Waals surface area (Å²) < 4.78 is 16.4. The van der Waals surface area contributed by atoms with Gasteiger partial charge in [-0.2, -0.15) is 0 Å². The number of benzene rings is 2. The van der Waals surface area contributed by atoms with Crippen LogP contribution >= 0.6 is 15.9 Å². The molecule has 1 amide bonds. The smallest absolute Gasteiger partial charge is 0.248 e. The van der Waals surface area contributed by atoms with Crippen molar-refractivity contribution in [3.05, 3.63) is 52.5 Å². The highest BCUT2D eigenvalue weighted by molar-refractivity contribution is 9.10. The molecule has 0 fully saturated rings. The number of anilines is 1. The molecule has 0 aliphatic rings. The van der Waals surface area contributed by atoms with E-state index in [4.69, 9.17) is 14.2 Å². The van der Waals surface area contributed by atoms with Crippen LogP contribution in [0.25, 0.3) is 6.08 Å². The van der Waals surface area contributed by atoms with Crippen molar-refractivity contribution in [2.75, 3.05) is 26.6 Å². The molecule has 0 radical (unpaired) electrons. The summed E-state index contributed by atoms with van der Waals surface area (Å²) in [6.07, 6.45) is 3.19. The zero-order valence-corrected chi connectivity index (χ0v) is 15.2. The van der Waals surface area contributed by atoms with E-state index >= 15 is 0 Å². The van der Waals surface area contributed by atoms with Gasteiger partial charge >= 0.3 is 0 Å². The van der Waals surface area contributed by atoms with Gasteiger partial charge in [-0.15, -0.1) is 0 Å². The van der Waals surface area contributed by atoms with Crippen molar-refractivity contribution in [2.45, 2.75) is 0 Å². The highest BCUT2D eigenvalue weighted by atomic mass is 79.9. The van der Waals surface area contributed by atoms with Gasteiger partial charge in [-0.25, -0.2) is 0 Å². The van der Waals surface area contributed by atoms with Crippen molar-refractivity contribution in [2.24, 2.45) is 0 Å². The van der Waals surface area contributed by atoms with E-state index in [-0.39, 0.29) is 5.91 Å². The lowest BCUT2D eigenvalue weighted by Crippen LogP contribution is -2.07. The van der Waals surface area contributed by atoms with Crippen molar-refractivity contribution >= 4 is 33.6 Å². The average Bonchev–Trinajstić information content (AvgIpc) is 2.60. The third-order valence-corrected chi connectivity index (χ3v) is 3.87. The minimum atomic E-state index is -0.242. The molecule has 1 N–H and O–H groups in total. The molecule has 0 aliphatic carbocycles. The molecular weight excluding hydrogens is 374 g/mol. The van der Waals surface area contributed by atoms with Crippen LogP contribution < -0.4 is 19.5 Å². The van der Waals surface area contributed by atoms with Gasteiger partial charge in [0.25, 0.3) is 0 Å². The molecule has 24 heavy (non-hydrogen) atoms. The standard InChI is InChI=1S/C18H18BrNO4/c1-22-15-7-4-12(10-14(15)19)5-9-18(21)20-13-6-8-16(23-2)17(11-13)24-3/h4-11H,1-3H3,(H,20,21)/b9-5+. The van der Waals surface area contributed by atoms with Crippen molar-refractivity contribution in [3.8, 4) is 17.2 Å². The zero-order chi connectivity index (χ0) is 17.5. The first-order valence-corrected chi connectivity index (χ1v) is 7.91. The Hall–Kier alpha value is -2.47. The Labute approximate surface area is 149 Å². The summed E-state index contributed by atoms with van der Waals surface area (Å²) in [5.41, 5.74) is 1.50. The molecule has 0 saturated carbocycles. The van der Waals surface area contributed by atoms with E-state index < -0.39 is 0 Å². The van der Waals surface area contributed by atoms with Crippen LogP contribution in [0.4, 0.5) is 5.69 Å². The topological polar surface area (TPSA) is 56.8 Å². The van der Waals surface area contributed by atoms with Crippen molar-refractivity contribution in [1.29, 1.82) is 0 Å². The number of rotatable bonds is 6. The van der Waals surface area contributed by atoms with E-state index in [1.54, 1.807) is 45.6 Å². The maximum absolute atomic E-state index is 12.0. The third-order valence-electron chi connectivity index (χ3n) is 3.25. The van der Waals surface area contributed by atoms with Gasteiger partial charge in [0.2, 0.25) is 5.91 Å². The first kappa shape index (κ1) is 17.9. The summed E-state index contributed by atoms with van der Waals surface area (Å²) in [5.74, 6) is 1.66. The fraction of sp³-hybridized carbons (Fsp3) is 0.167. The van der Waals surface area contributed by atoms with Crippen LogP contribution in [0.1, 0.15) is 5.56 Å². The van der Waals surface area contributed by atoms with Crippen LogP contribution in [0.2, 0.25) is 0 Å². The second kappa shape index (κ2) is 8.40. The Balaban J connectivity index is 2.06. The highest BCUT2D eigenvalue weighted by Gasteiger charge is 2.06. The largest absolute Gasteiger partial charge is 0.496 e. The summed E-state index contributed by atoms with van der Waals surface area (Å²) in [7, 11) is 4.71. The summed E-state index contributed by atoms with van der Waals surface area (Å²) in [5, 5.41) is 2.78. The molecule has 0 atom stereocenters. The van der Waals surface area contributed by atoms with Gasteiger partial charge in [0.15, 0.2) is 11.5 Å². The normalized spacial score (nSPS) is 10.5. The van der Waals surface area contributed by atoms with Gasteiger partial charge in [0.1, 0.15) is 5.75 Å². The predicted octanol–water partition coefficient (Wildman–Crippen LogP) is 4.13. The van der Waals surface area contributed by atoms with Crippen molar-refractivity contribution < 1.29 is 19.0 Å². The van der Waals surface area contributed by atoms with Crippen molar-refractivity contribution in [1.82, 2.24) is 0 Å². The maximum Gasteiger partial charge on any atom is 0.248 e. The lowest BCUT2D eigenvalue weighted by atomic mass is 10.2. The fourth-order valence-electron chi connectivity index (χ4n) is 2.06. The number of halogens is 1. The fourth-order valence-corrected chi connectivity index (χ4v) is 2.61. The van der Waals surface area contributed by atoms with Crippen LogP contribution in [0.5, 0.6) is 17.2 Å². The highest BCUT2D eigenvalue weighted by Crippen LogP contribution is 2.30. The minimum Gasteiger partial charge on any atom is -0.496 e. The van der Waals surface area contributed by atoms with E-state index in [2.05, 4.69) is 21.2 Å². The van der Waals surface area contributed by atoms with E-state index in [9.17, 15) is 4.79 Å². The van der Waals surface area contributed by atoms with Crippen LogP contribution in [0, 0.1) is 0 Å². The quantitative estimate of drug-likeness (QED) is 0.752. The molecule has 0 saturated heterocycles. The SMILES string of the molecule is COc1ccc(/C=C/C(=O)Nc2ccc(OC)c(OC)c2)cc1Br. The molecule has 2 aromatic rings. The van der Waals surface area contributed by atoms with E-state index in [1.807, 2.05) is 18.2 Å². The Morgan fingerprint density at radius 1 is 0.958 bits per heavy atom. The number of ether oxygens (including phenoxy) is 3. The maximum atomic E-state index is 12.0. The molecule has 2 aromatic carbocycles. The number of nitrogens with one attached hydrogen (secondary N) is 1. The van der Waals surface area contributed by atoms with Gasteiger partial charge in [0.05, 0.1) is 25.8 Å². The second-order valence-electron chi connectivity index (χ2n) is 4.79. The average molecular weight is 392 g/mol. The molecule has 126 valence electrons. The predicted molar refractivity (Wildman–Crippen MR) is 97.9 cm³/mol. The number of amides is 1. The second-order valence-corrected chi connectivity index (χ2v) is 5.64. The number of hydrogen-bond acceptors (Lipinski definition) is 4. The molecule has 0 bridgehead atoms. The van der Waals surface area contributed by atoms with Crippen molar-refractivity contribution in [3.63, 3.8) is 0 Å². The summed E-state index contributed by atoms with van der Waals surface area (Å²) in [6.45, 7) is 0. The minimum absolute atomic E-state index is 0.242. The van der Waals surface area contributed by atoms with Crippen LogP contribution in [-0.2, 0) is 4.79 Å². The van der Waals surface area contributed by atoms with Crippen LogP contribution in [-0.4, -0.2) is 27.2 Å². The molecule has 2 rings (SSSR count). The molecule has 0 spiro atoms. The summed E-state index contributed by atoms with van der Waals surface area (Å²) >= 11 is 3.41. The molecule has 0 aliphatic heterocycles. The van der Waals surface area contributed by atoms with Crippen LogP contribution in [0.15, 0.2) is 46.9 Å². The Morgan fingerprint density at radius 3 is 2.25 bits per heavy atom. The third kappa shape index (κ3) is 4.52. The van der Waals surface area contributed by atoms with E-state index in [0.717, 1.165) is 15.8 Å². The first-order valence-electron chi connectivity index (χ1n) is 7.12. The number of carbonyl (C=O) groups is 1. The number of methoxy groups -OCH3 is 3. The molecule has 5 nitrogen and oxygen atoms in total. The van der Waals surface area contributed by atoms with E-state index in [0.29, 0.717) is 17.2 Å². The number of hydrogen-bond donors (Lipinski definition) is 1. The monoisotopic (exact) mass is 391 g/mol. The molecule has 0 unspecified atom stereocenters. The lowest BCUT2D eigenvalue weighted by molar-refractivity contribution is -0.111. The van der Waals surface area contributed by atoms with Gasteiger partial charge in [-0.3, -0.25) is 4.79 Å². The Bertz CT molecular complexity index is 759.